The summed E-state index contributed by atoms with van der Waals surface area (Å²) in [6.07, 6.45) is 3.42. The molecule has 3 heterocycles. The molecule has 0 radical (unpaired) electrons. The van der Waals surface area contributed by atoms with Gasteiger partial charge in [0.2, 0.25) is 5.91 Å². The summed E-state index contributed by atoms with van der Waals surface area (Å²) in [5.41, 5.74) is 0. The quantitative estimate of drug-likeness (QED) is 0.348. The number of hydrogen-bond donors (Lipinski definition) is 1. The van der Waals surface area contributed by atoms with Gasteiger partial charge in [-0.1, -0.05) is 0 Å². The first kappa shape index (κ1) is 22.3. The van der Waals surface area contributed by atoms with Crippen LogP contribution in [-0.2, 0) is 19.0 Å². The zero-order valence-corrected chi connectivity index (χ0v) is 18.0. The van der Waals surface area contributed by atoms with Crippen LogP contribution in [0.4, 0.5) is 0 Å². The number of nitrogens with one attached hydrogen (secondary N) is 1. The van der Waals surface area contributed by atoms with E-state index in [9.17, 15) is 4.79 Å². The van der Waals surface area contributed by atoms with Crippen LogP contribution in [0.2, 0.25) is 0 Å². The highest BCUT2D eigenvalue weighted by Crippen LogP contribution is 2.21. The summed E-state index contributed by atoms with van der Waals surface area (Å²) in [5, 5.41) is 3.49. The Morgan fingerprint density at radius 2 is 1.90 bits per heavy atom. The normalized spacial score (nSPS) is 26.6. The first-order valence-corrected chi connectivity index (χ1v) is 10.9. The molecule has 9 nitrogen and oxygen atoms in total. The second kappa shape index (κ2) is 11.7. The number of hydrogen-bond acceptors (Lipinski definition) is 6. The number of carbonyl (C=O) groups is 1. The Labute approximate surface area is 174 Å². The molecule has 0 aromatic carbocycles. The monoisotopic (exact) mass is 411 g/mol. The minimum absolute atomic E-state index is 0.00144. The number of ether oxygens (including phenoxy) is 3. The molecule has 1 N–H and O–H groups in total. The van der Waals surface area contributed by atoms with Crippen molar-refractivity contribution in [3.63, 3.8) is 0 Å². The van der Waals surface area contributed by atoms with Crippen molar-refractivity contribution in [2.45, 2.75) is 31.5 Å². The Balaban J connectivity index is 1.53. The molecule has 2 atom stereocenters. The smallest absolute Gasteiger partial charge is 0.243 e. The number of morpholine rings is 2. The van der Waals surface area contributed by atoms with Crippen LogP contribution < -0.4 is 5.32 Å². The molecule has 0 aliphatic carbocycles. The first-order chi connectivity index (χ1) is 14.1. The number of amides is 1. The van der Waals surface area contributed by atoms with E-state index in [-0.39, 0.29) is 24.7 Å². The first-order valence-electron chi connectivity index (χ1n) is 10.9. The van der Waals surface area contributed by atoms with Gasteiger partial charge in [-0.15, -0.1) is 0 Å². The Hall–Kier alpha value is -1.42. The third-order valence-electron chi connectivity index (χ3n) is 5.67. The van der Waals surface area contributed by atoms with E-state index in [1.165, 1.54) is 0 Å². The van der Waals surface area contributed by atoms with Crippen molar-refractivity contribution in [3.8, 4) is 0 Å². The molecular weight excluding hydrogens is 374 g/mol. The third-order valence-corrected chi connectivity index (χ3v) is 5.67. The lowest BCUT2D eigenvalue weighted by atomic mass is 10.1. The molecule has 29 heavy (non-hydrogen) atoms. The molecular formula is C20H37N5O4. The van der Waals surface area contributed by atoms with E-state index in [2.05, 4.69) is 20.1 Å². The van der Waals surface area contributed by atoms with E-state index in [4.69, 9.17) is 14.2 Å². The zero-order chi connectivity index (χ0) is 20.5. The standard InChI is InChI=1S/C20H37N5O4/c1-23(2)19(26)15-22-20(21-6-4-7-24-8-12-27-13-9-24)25-10-14-29-18(16-25)17-5-3-11-28-17/h17-18H,3-16H2,1-2H3,(H,21,22). The van der Waals surface area contributed by atoms with Crippen LogP contribution in [-0.4, -0.2) is 125 Å². The van der Waals surface area contributed by atoms with Gasteiger partial charge in [0.1, 0.15) is 12.6 Å². The SMILES string of the molecule is CN(C)C(=O)CN=C(NCCCN1CCOCC1)N1CCOC(C2CCCO2)C1. The largest absolute Gasteiger partial charge is 0.379 e. The fourth-order valence-corrected chi connectivity index (χ4v) is 3.87. The molecule has 0 bridgehead atoms. The Bertz CT molecular complexity index is 533. The number of carbonyl (C=O) groups excluding carboxylic acids is 1. The fraction of sp³-hybridized carbons (Fsp3) is 0.900. The summed E-state index contributed by atoms with van der Waals surface area (Å²) in [7, 11) is 3.52. The van der Waals surface area contributed by atoms with Crippen LogP contribution in [0.3, 0.4) is 0 Å². The molecule has 2 unspecified atom stereocenters. The fourth-order valence-electron chi connectivity index (χ4n) is 3.87. The summed E-state index contributed by atoms with van der Waals surface area (Å²) in [5.74, 6) is 0.801. The van der Waals surface area contributed by atoms with Gasteiger partial charge in [-0.05, 0) is 25.8 Å². The molecule has 0 spiro atoms. The van der Waals surface area contributed by atoms with Crippen LogP contribution >= 0.6 is 0 Å². The molecule has 3 saturated heterocycles. The summed E-state index contributed by atoms with van der Waals surface area (Å²) in [6.45, 7) is 8.68. The summed E-state index contributed by atoms with van der Waals surface area (Å²) in [4.78, 5) is 22.9. The Morgan fingerprint density at radius 3 is 2.62 bits per heavy atom. The zero-order valence-electron chi connectivity index (χ0n) is 18.0. The molecule has 166 valence electrons. The number of guanidine groups is 1. The number of aliphatic imine (C=N–C) groups is 1. The van der Waals surface area contributed by atoms with Crippen molar-refractivity contribution in [3.05, 3.63) is 0 Å². The maximum atomic E-state index is 12.0. The highest BCUT2D eigenvalue weighted by atomic mass is 16.5. The second-order valence-corrected chi connectivity index (χ2v) is 8.07. The molecule has 0 saturated carbocycles. The van der Waals surface area contributed by atoms with Crippen molar-refractivity contribution >= 4 is 11.9 Å². The number of nitrogens with zero attached hydrogens (tertiary/aromatic N) is 4. The summed E-state index contributed by atoms with van der Waals surface area (Å²) >= 11 is 0. The van der Waals surface area contributed by atoms with Gasteiger partial charge in [0.15, 0.2) is 5.96 Å². The highest BCUT2D eigenvalue weighted by Gasteiger charge is 2.32. The van der Waals surface area contributed by atoms with Gasteiger partial charge in [-0.2, -0.15) is 0 Å². The molecule has 1 amide bonds. The van der Waals surface area contributed by atoms with Gasteiger partial charge in [0, 0.05) is 53.4 Å². The molecule has 3 rings (SSSR count). The topological polar surface area (TPSA) is 78.9 Å². The van der Waals surface area contributed by atoms with E-state index < -0.39 is 0 Å². The lowest BCUT2D eigenvalue weighted by Crippen LogP contribution is -2.53. The highest BCUT2D eigenvalue weighted by molar-refractivity contribution is 5.84. The van der Waals surface area contributed by atoms with E-state index in [0.717, 1.165) is 84.3 Å². The minimum Gasteiger partial charge on any atom is -0.379 e. The molecule has 3 aliphatic heterocycles. The summed E-state index contributed by atoms with van der Waals surface area (Å²) in [6, 6.07) is 0. The van der Waals surface area contributed by atoms with E-state index in [1.54, 1.807) is 19.0 Å². The van der Waals surface area contributed by atoms with Crippen LogP contribution in [0.15, 0.2) is 4.99 Å². The predicted molar refractivity (Wildman–Crippen MR) is 111 cm³/mol. The van der Waals surface area contributed by atoms with Gasteiger partial charge in [0.25, 0.3) is 0 Å². The lowest BCUT2D eigenvalue weighted by Gasteiger charge is -2.37. The average Bonchev–Trinajstić information content (AvgIpc) is 3.29. The Kier molecular flexibility index (Phi) is 8.97. The molecule has 3 fully saturated rings. The molecule has 9 heteroatoms. The van der Waals surface area contributed by atoms with Crippen molar-refractivity contribution < 1.29 is 19.0 Å². The average molecular weight is 412 g/mol. The van der Waals surface area contributed by atoms with E-state index in [1.807, 2.05) is 0 Å². The molecule has 0 aromatic rings. The minimum atomic E-state index is 0.00144. The van der Waals surface area contributed by atoms with E-state index in [0.29, 0.717) is 6.61 Å². The third kappa shape index (κ3) is 7.09. The van der Waals surface area contributed by atoms with Gasteiger partial charge >= 0.3 is 0 Å². The van der Waals surface area contributed by atoms with Crippen LogP contribution in [0.1, 0.15) is 19.3 Å². The Morgan fingerprint density at radius 1 is 1.10 bits per heavy atom. The summed E-state index contributed by atoms with van der Waals surface area (Å²) < 4.78 is 17.2. The lowest BCUT2D eigenvalue weighted by molar-refractivity contribution is -0.127. The van der Waals surface area contributed by atoms with Gasteiger partial charge in [-0.25, -0.2) is 4.99 Å². The van der Waals surface area contributed by atoms with Crippen molar-refractivity contribution in [1.82, 2.24) is 20.0 Å². The van der Waals surface area contributed by atoms with Crippen molar-refractivity contribution in [1.29, 1.82) is 0 Å². The van der Waals surface area contributed by atoms with Gasteiger partial charge in [0.05, 0.1) is 25.9 Å². The number of likely N-dealkylation sites (N-methyl/N-ethyl adjacent to an activating group) is 1. The predicted octanol–water partition coefficient (Wildman–Crippen LogP) is -0.378. The van der Waals surface area contributed by atoms with E-state index >= 15 is 0 Å². The number of rotatable bonds is 7. The van der Waals surface area contributed by atoms with Crippen molar-refractivity contribution in [2.24, 2.45) is 4.99 Å². The molecule has 3 aliphatic rings. The maximum absolute atomic E-state index is 12.0. The van der Waals surface area contributed by atoms with Crippen molar-refractivity contribution in [2.75, 3.05) is 86.3 Å². The second-order valence-electron chi connectivity index (χ2n) is 8.07. The van der Waals surface area contributed by atoms with Crippen LogP contribution in [0.25, 0.3) is 0 Å². The van der Waals surface area contributed by atoms with Crippen LogP contribution in [0.5, 0.6) is 0 Å². The molecule has 0 aromatic heterocycles. The van der Waals surface area contributed by atoms with Crippen LogP contribution in [0, 0.1) is 0 Å². The van der Waals surface area contributed by atoms with Gasteiger partial charge in [-0.3, -0.25) is 9.69 Å². The van der Waals surface area contributed by atoms with Gasteiger partial charge < -0.3 is 29.3 Å². The maximum Gasteiger partial charge on any atom is 0.243 e.